The molecule has 4 rings (SSSR count). The van der Waals surface area contributed by atoms with E-state index in [2.05, 4.69) is 25.3 Å². The van der Waals surface area contributed by atoms with Crippen LogP contribution in [0.25, 0.3) is 28.4 Å². The lowest BCUT2D eigenvalue weighted by molar-refractivity contribution is 0.589. The van der Waals surface area contributed by atoms with E-state index in [9.17, 15) is 0 Å². The largest absolute Gasteiger partial charge is 0.435 e. The fraction of sp³-hybridized carbons (Fsp3) is 0.0526. The number of benzene rings is 1. The van der Waals surface area contributed by atoms with Crippen molar-refractivity contribution in [3.63, 3.8) is 0 Å². The van der Waals surface area contributed by atoms with Crippen molar-refractivity contribution in [1.29, 1.82) is 0 Å². The van der Waals surface area contributed by atoms with Crippen molar-refractivity contribution in [2.75, 3.05) is 12.4 Å². The second kappa shape index (κ2) is 7.02. The molecular weight excluding hydrogens is 330 g/mol. The Kier molecular flexibility index (Phi) is 4.26. The van der Waals surface area contributed by atoms with Gasteiger partial charge in [0.2, 0.25) is 5.89 Å². The Balaban J connectivity index is 1.44. The first kappa shape index (κ1) is 15.8. The van der Waals surface area contributed by atoms with E-state index in [4.69, 9.17) is 8.83 Å². The number of fused-ring (bicyclic) bond motifs is 2. The van der Waals surface area contributed by atoms with Gasteiger partial charge in [-0.1, -0.05) is 24.3 Å². The number of para-hydroxylation sites is 2. The van der Waals surface area contributed by atoms with Gasteiger partial charge in [-0.2, -0.15) is 9.97 Å². The molecule has 3 heterocycles. The van der Waals surface area contributed by atoms with Gasteiger partial charge < -0.3 is 8.83 Å². The zero-order valence-corrected chi connectivity index (χ0v) is 14.0. The van der Waals surface area contributed by atoms with E-state index in [-0.39, 0.29) is 0 Å². The highest BCUT2D eigenvalue weighted by atomic mass is 16.4. The summed E-state index contributed by atoms with van der Waals surface area (Å²) in [5.74, 6) is 1.10. The minimum absolute atomic E-state index is 0.394. The molecule has 0 aliphatic rings. The van der Waals surface area contributed by atoms with Crippen LogP contribution in [-0.4, -0.2) is 27.8 Å². The van der Waals surface area contributed by atoms with Crippen molar-refractivity contribution in [3.05, 3.63) is 66.7 Å². The Hall–Kier alpha value is -3.74. The first-order chi connectivity index (χ1) is 12.8. The summed E-state index contributed by atoms with van der Waals surface area (Å²) >= 11 is 0. The van der Waals surface area contributed by atoms with Gasteiger partial charge >= 0.3 is 6.01 Å². The quantitative estimate of drug-likeness (QED) is 0.341. The van der Waals surface area contributed by atoms with Gasteiger partial charge in [0, 0.05) is 19.3 Å². The van der Waals surface area contributed by atoms with E-state index in [0.29, 0.717) is 29.0 Å². The van der Waals surface area contributed by atoms with Gasteiger partial charge in [0.05, 0.1) is 0 Å². The summed E-state index contributed by atoms with van der Waals surface area (Å²) in [4.78, 5) is 16.9. The Morgan fingerprint density at radius 2 is 1.92 bits per heavy atom. The van der Waals surface area contributed by atoms with Crippen molar-refractivity contribution in [3.8, 4) is 0 Å². The third-order valence-corrected chi connectivity index (χ3v) is 3.56. The highest BCUT2D eigenvalue weighted by Crippen LogP contribution is 2.18. The number of aliphatic imine (C=N–C) groups is 1. The third-order valence-electron chi connectivity index (χ3n) is 3.56. The average molecular weight is 345 g/mol. The van der Waals surface area contributed by atoms with Crippen LogP contribution in [0.1, 0.15) is 5.89 Å². The SMILES string of the molecule is CN=C(/C=C\C=C\c1nc2ncccc2o1)Nc1nc2ccccc2o1. The maximum atomic E-state index is 5.62. The van der Waals surface area contributed by atoms with Gasteiger partial charge in [-0.3, -0.25) is 10.3 Å². The molecule has 0 fully saturated rings. The number of allylic oxidation sites excluding steroid dienone is 2. The lowest BCUT2D eigenvalue weighted by atomic mass is 10.3. The predicted molar refractivity (Wildman–Crippen MR) is 101 cm³/mol. The molecule has 128 valence electrons. The number of pyridine rings is 1. The Labute approximate surface area is 148 Å². The molecule has 7 heteroatoms. The van der Waals surface area contributed by atoms with E-state index in [1.54, 1.807) is 25.4 Å². The molecule has 0 radical (unpaired) electrons. The number of rotatable bonds is 4. The molecule has 0 spiro atoms. The van der Waals surface area contributed by atoms with Crippen molar-refractivity contribution in [2.45, 2.75) is 0 Å². The monoisotopic (exact) mass is 345 g/mol. The minimum Gasteiger partial charge on any atom is -0.435 e. The van der Waals surface area contributed by atoms with Gasteiger partial charge in [0.25, 0.3) is 0 Å². The van der Waals surface area contributed by atoms with Gasteiger partial charge in [-0.05, 0) is 30.3 Å². The fourth-order valence-electron chi connectivity index (χ4n) is 2.35. The molecular formula is C19H15N5O2. The molecule has 0 saturated carbocycles. The van der Waals surface area contributed by atoms with Crippen LogP contribution in [0.5, 0.6) is 0 Å². The van der Waals surface area contributed by atoms with Crippen LogP contribution in [0.15, 0.2) is 74.6 Å². The molecule has 0 atom stereocenters. The molecule has 7 nitrogen and oxygen atoms in total. The van der Waals surface area contributed by atoms with Crippen molar-refractivity contribution >= 4 is 40.3 Å². The second-order valence-corrected chi connectivity index (χ2v) is 5.32. The van der Waals surface area contributed by atoms with E-state index < -0.39 is 0 Å². The minimum atomic E-state index is 0.394. The number of hydrogen-bond acceptors (Lipinski definition) is 6. The van der Waals surface area contributed by atoms with Crippen molar-refractivity contribution in [1.82, 2.24) is 15.0 Å². The third kappa shape index (κ3) is 3.36. The standard InChI is InChI=1S/C19H15N5O2/c1-20-16(23-19-22-13-7-2-3-8-14(13)26-19)10-4-5-11-17-24-18-15(25-17)9-6-12-21-18/h2-12H,1H3,(H,20,22,23)/b10-4-,11-5+. The number of nitrogens with zero attached hydrogens (tertiary/aromatic N) is 4. The summed E-state index contributed by atoms with van der Waals surface area (Å²) in [5, 5.41) is 3.04. The molecule has 1 aromatic carbocycles. The Morgan fingerprint density at radius 1 is 1.04 bits per heavy atom. The fourth-order valence-corrected chi connectivity index (χ4v) is 2.35. The maximum absolute atomic E-state index is 5.62. The summed E-state index contributed by atoms with van der Waals surface area (Å²) in [7, 11) is 1.69. The summed E-state index contributed by atoms with van der Waals surface area (Å²) in [6.07, 6.45) is 8.86. The molecule has 1 N–H and O–H groups in total. The molecule has 0 bridgehead atoms. The number of nitrogens with one attached hydrogen (secondary N) is 1. The molecule has 0 aliphatic heterocycles. The van der Waals surface area contributed by atoms with Crippen LogP contribution in [0.3, 0.4) is 0 Å². The molecule has 0 saturated heterocycles. The van der Waals surface area contributed by atoms with E-state index >= 15 is 0 Å². The van der Waals surface area contributed by atoms with Crippen LogP contribution in [-0.2, 0) is 0 Å². The molecule has 0 amide bonds. The van der Waals surface area contributed by atoms with Gasteiger partial charge in [-0.25, -0.2) is 4.98 Å². The van der Waals surface area contributed by atoms with Crippen LogP contribution < -0.4 is 5.32 Å². The second-order valence-electron chi connectivity index (χ2n) is 5.32. The number of oxazole rings is 2. The highest BCUT2D eigenvalue weighted by Gasteiger charge is 2.05. The number of hydrogen-bond donors (Lipinski definition) is 1. The average Bonchev–Trinajstić information content (AvgIpc) is 3.26. The summed E-state index contributed by atoms with van der Waals surface area (Å²) in [5.41, 5.74) is 2.76. The maximum Gasteiger partial charge on any atom is 0.301 e. The number of aromatic nitrogens is 3. The topological polar surface area (TPSA) is 89.3 Å². The van der Waals surface area contributed by atoms with Crippen LogP contribution in [0.2, 0.25) is 0 Å². The van der Waals surface area contributed by atoms with Gasteiger partial charge in [0.1, 0.15) is 11.4 Å². The molecule has 4 aromatic rings. The lowest BCUT2D eigenvalue weighted by Gasteiger charge is -1.98. The smallest absolute Gasteiger partial charge is 0.301 e. The predicted octanol–water partition coefficient (Wildman–Crippen LogP) is 4.07. The summed E-state index contributed by atoms with van der Waals surface area (Å²) in [6, 6.07) is 11.6. The van der Waals surface area contributed by atoms with E-state index in [1.165, 1.54) is 0 Å². The summed E-state index contributed by atoms with van der Waals surface area (Å²) in [6.45, 7) is 0. The zero-order chi connectivity index (χ0) is 17.8. The van der Waals surface area contributed by atoms with Crippen LogP contribution in [0, 0.1) is 0 Å². The zero-order valence-electron chi connectivity index (χ0n) is 14.0. The molecule has 26 heavy (non-hydrogen) atoms. The van der Waals surface area contributed by atoms with E-state index in [0.717, 1.165) is 11.1 Å². The number of anilines is 1. The first-order valence-corrected chi connectivity index (χ1v) is 7.97. The van der Waals surface area contributed by atoms with Crippen LogP contribution >= 0.6 is 0 Å². The van der Waals surface area contributed by atoms with Gasteiger partial charge in [-0.15, -0.1) is 0 Å². The van der Waals surface area contributed by atoms with E-state index in [1.807, 2.05) is 48.6 Å². The molecule has 0 aliphatic carbocycles. The first-order valence-electron chi connectivity index (χ1n) is 7.97. The normalized spacial score (nSPS) is 12.7. The molecule has 3 aromatic heterocycles. The van der Waals surface area contributed by atoms with Crippen LogP contribution in [0.4, 0.5) is 6.01 Å². The molecule has 0 unspecified atom stereocenters. The lowest BCUT2D eigenvalue weighted by Crippen LogP contribution is -2.08. The Bertz CT molecular complexity index is 1070. The van der Waals surface area contributed by atoms with Crippen molar-refractivity contribution in [2.24, 2.45) is 4.99 Å². The van der Waals surface area contributed by atoms with Gasteiger partial charge in [0.15, 0.2) is 16.8 Å². The number of amidine groups is 1. The Morgan fingerprint density at radius 3 is 2.77 bits per heavy atom. The highest BCUT2D eigenvalue weighted by molar-refractivity contribution is 6.03. The van der Waals surface area contributed by atoms with Crippen molar-refractivity contribution < 1.29 is 8.83 Å². The summed E-state index contributed by atoms with van der Waals surface area (Å²) < 4.78 is 11.2.